The summed E-state index contributed by atoms with van der Waals surface area (Å²) in [5.41, 5.74) is 0.401. The molecule has 0 aromatic carbocycles. The molecule has 88 valence electrons. The van der Waals surface area contributed by atoms with E-state index in [-0.39, 0.29) is 0 Å². The van der Waals surface area contributed by atoms with Gasteiger partial charge in [0.25, 0.3) is 0 Å². The van der Waals surface area contributed by atoms with Crippen molar-refractivity contribution in [1.29, 1.82) is 0 Å². The molecular formula is C12H23NO2. The lowest BCUT2D eigenvalue weighted by molar-refractivity contribution is -0.101. The summed E-state index contributed by atoms with van der Waals surface area (Å²) in [5, 5.41) is 3.67. The molecular weight excluding hydrogens is 190 g/mol. The second kappa shape index (κ2) is 4.81. The number of hydrogen-bond donors (Lipinski definition) is 1. The van der Waals surface area contributed by atoms with Gasteiger partial charge in [0.05, 0.1) is 19.3 Å². The van der Waals surface area contributed by atoms with Crippen LogP contribution in [-0.4, -0.2) is 39.0 Å². The smallest absolute Gasteiger partial charge is 0.0572 e. The molecule has 1 aliphatic heterocycles. The number of nitrogens with one attached hydrogen (secondary N) is 1. The van der Waals surface area contributed by atoms with Crippen LogP contribution in [0.4, 0.5) is 0 Å². The molecule has 0 aromatic heterocycles. The van der Waals surface area contributed by atoms with E-state index >= 15 is 0 Å². The first kappa shape index (κ1) is 11.4. The Bertz CT molecular complexity index is 196. The summed E-state index contributed by atoms with van der Waals surface area (Å²) in [6.07, 6.45) is 5.44. The quantitative estimate of drug-likeness (QED) is 0.769. The highest BCUT2D eigenvalue weighted by Gasteiger charge is 2.34. The average Bonchev–Trinajstić information content (AvgIpc) is 2.24. The maximum atomic E-state index is 5.37. The fraction of sp³-hybridized carbons (Fsp3) is 1.00. The number of methoxy groups -OCH3 is 1. The monoisotopic (exact) mass is 213 g/mol. The van der Waals surface area contributed by atoms with Gasteiger partial charge in [0.15, 0.2) is 0 Å². The number of rotatable bonds is 4. The SMILES string of the molecule is COC1CCC(NCC2(C)COC2)CC1. The summed E-state index contributed by atoms with van der Waals surface area (Å²) in [6.45, 7) is 5.25. The van der Waals surface area contributed by atoms with Crippen molar-refractivity contribution in [2.24, 2.45) is 5.41 Å². The summed E-state index contributed by atoms with van der Waals surface area (Å²) in [4.78, 5) is 0. The van der Waals surface area contributed by atoms with Gasteiger partial charge in [-0.25, -0.2) is 0 Å². The normalized spacial score (nSPS) is 34.8. The summed E-state index contributed by atoms with van der Waals surface area (Å²) in [6, 6.07) is 0.703. The highest BCUT2D eigenvalue weighted by molar-refractivity contribution is 4.86. The summed E-state index contributed by atoms with van der Waals surface area (Å²) in [7, 11) is 1.82. The Morgan fingerprint density at radius 1 is 1.27 bits per heavy atom. The van der Waals surface area contributed by atoms with Crippen LogP contribution in [0.3, 0.4) is 0 Å². The van der Waals surface area contributed by atoms with Crippen LogP contribution in [0.15, 0.2) is 0 Å². The molecule has 1 heterocycles. The van der Waals surface area contributed by atoms with Crippen LogP contribution in [0.25, 0.3) is 0 Å². The van der Waals surface area contributed by atoms with Gasteiger partial charge in [0.1, 0.15) is 0 Å². The fourth-order valence-corrected chi connectivity index (χ4v) is 2.45. The van der Waals surface area contributed by atoms with E-state index in [1.54, 1.807) is 0 Å². The highest BCUT2D eigenvalue weighted by Crippen LogP contribution is 2.27. The van der Waals surface area contributed by atoms with Crippen molar-refractivity contribution in [1.82, 2.24) is 5.32 Å². The molecule has 1 aliphatic carbocycles. The van der Waals surface area contributed by atoms with Crippen molar-refractivity contribution in [2.75, 3.05) is 26.9 Å². The highest BCUT2D eigenvalue weighted by atomic mass is 16.5. The lowest BCUT2D eigenvalue weighted by atomic mass is 9.87. The minimum absolute atomic E-state index is 0.401. The minimum atomic E-state index is 0.401. The van der Waals surface area contributed by atoms with Gasteiger partial charge in [0.2, 0.25) is 0 Å². The molecule has 2 rings (SSSR count). The van der Waals surface area contributed by atoms with Crippen molar-refractivity contribution < 1.29 is 9.47 Å². The molecule has 15 heavy (non-hydrogen) atoms. The Morgan fingerprint density at radius 2 is 1.93 bits per heavy atom. The molecule has 1 N–H and O–H groups in total. The maximum absolute atomic E-state index is 5.37. The minimum Gasteiger partial charge on any atom is -0.381 e. The zero-order valence-electron chi connectivity index (χ0n) is 9.92. The average molecular weight is 213 g/mol. The molecule has 0 spiro atoms. The van der Waals surface area contributed by atoms with E-state index in [9.17, 15) is 0 Å². The van der Waals surface area contributed by atoms with E-state index in [0.29, 0.717) is 17.6 Å². The molecule has 0 unspecified atom stereocenters. The van der Waals surface area contributed by atoms with Crippen molar-refractivity contribution in [3.05, 3.63) is 0 Å². The molecule has 0 atom stereocenters. The standard InChI is InChI=1S/C12H23NO2/c1-12(8-15-9-12)7-13-10-3-5-11(14-2)6-4-10/h10-11,13H,3-9H2,1-2H3. The molecule has 0 amide bonds. The molecule has 3 nitrogen and oxygen atoms in total. The first-order valence-corrected chi connectivity index (χ1v) is 6.06. The van der Waals surface area contributed by atoms with Gasteiger partial charge in [-0.15, -0.1) is 0 Å². The Balaban J connectivity index is 1.64. The Labute approximate surface area is 92.5 Å². The Morgan fingerprint density at radius 3 is 2.40 bits per heavy atom. The second-order valence-electron chi connectivity index (χ2n) is 5.39. The van der Waals surface area contributed by atoms with Gasteiger partial charge in [0, 0.05) is 25.1 Å². The van der Waals surface area contributed by atoms with Gasteiger partial charge in [-0.1, -0.05) is 6.92 Å². The summed E-state index contributed by atoms with van der Waals surface area (Å²) < 4.78 is 10.6. The van der Waals surface area contributed by atoms with Crippen LogP contribution < -0.4 is 5.32 Å². The van der Waals surface area contributed by atoms with Gasteiger partial charge in [-0.2, -0.15) is 0 Å². The van der Waals surface area contributed by atoms with E-state index in [0.717, 1.165) is 19.8 Å². The van der Waals surface area contributed by atoms with Crippen molar-refractivity contribution >= 4 is 0 Å². The predicted molar refractivity (Wildman–Crippen MR) is 60.0 cm³/mol. The van der Waals surface area contributed by atoms with Gasteiger partial charge in [-0.05, 0) is 25.7 Å². The predicted octanol–water partition coefficient (Wildman–Crippen LogP) is 1.57. The van der Waals surface area contributed by atoms with Gasteiger partial charge in [-0.3, -0.25) is 0 Å². The third kappa shape index (κ3) is 2.92. The van der Waals surface area contributed by atoms with Crippen molar-refractivity contribution in [2.45, 2.75) is 44.8 Å². The Kier molecular flexibility index (Phi) is 3.65. The zero-order valence-corrected chi connectivity index (χ0v) is 9.92. The van der Waals surface area contributed by atoms with E-state index in [1.165, 1.54) is 25.7 Å². The van der Waals surface area contributed by atoms with Crippen LogP contribution in [0.2, 0.25) is 0 Å². The summed E-state index contributed by atoms with van der Waals surface area (Å²) >= 11 is 0. The largest absolute Gasteiger partial charge is 0.381 e. The number of ether oxygens (including phenoxy) is 2. The first-order valence-electron chi connectivity index (χ1n) is 6.06. The number of hydrogen-bond acceptors (Lipinski definition) is 3. The molecule has 1 saturated heterocycles. The molecule has 1 saturated carbocycles. The molecule has 2 aliphatic rings. The lowest BCUT2D eigenvalue weighted by Crippen LogP contribution is -2.50. The van der Waals surface area contributed by atoms with Crippen molar-refractivity contribution in [3.63, 3.8) is 0 Å². The van der Waals surface area contributed by atoms with E-state index < -0.39 is 0 Å². The van der Waals surface area contributed by atoms with Crippen LogP contribution in [0, 0.1) is 5.41 Å². The molecule has 3 heteroatoms. The topological polar surface area (TPSA) is 30.5 Å². The van der Waals surface area contributed by atoms with E-state index in [1.807, 2.05) is 7.11 Å². The Hall–Kier alpha value is -0.120. The molecule has 2 fully saturated rings. The third-order valence-corrected chi connectivity index (χ3v) is 3.73. The molecule has 0 bridgehead atoms. The second-order valence-corrected chi connectivity index (χ2v) is 5.39. The molecule has 0 radical (unpaired) electrons. The van der Waals surface area contributed by atoms with Crippen LogP contribution in [0.1, 0.15) is 32.6 Å². The molecule has 0 aromatic rings. The first-order chi connectivity index (χ1) is 7.22. The third-order valence-electron chi connectivity index (χ3n) is 3.73. The van der Waals surface area contributed by atoms with E-state index in [4.69, 9.17) is 9.47 Å². The van der Waals surface area contributed by atoms with Crippen LogP contribution in [-0.2, 0) is 9.47 Å². The summed E-state index contributed by atoms with van der Waals surface area (Å²) in [5.74, 6) is 0. The lowest BCUT2D eigenvalue weighted by Gasteiger charge is -2.40. The van der Waals surface area contributed by atoms with Gasteiger partial charge >= 0.3 is 0 Å². The zero-order chi connectivity index (χ0) is 10.7. The fourth-order valence-electron chi connectivity index (χ4n) is 2.45. The maximum Gasteiger partial charge on any atom is 0.0572 e. The van der Waals surface area contributed by atoms with Crippen LogP contribution in [0.5, 0.6) is 0 Å². The van der Waals surface area contributed by atoms with Gasteiger partial charge < -0.3 is 14.8 Å². The van der Waals surface area contributed by atoms with E-state index in [2.05, 4.69) is 12.2 Å². The van der Waals surface area contributed by atoms with Crippen molar-refractivity contribution in [3.8, 4) is 0 Å². The van der Waals surface area contributed by atoms with Crippen LogP contribution >= 0.6 is 0 Å².